The van der Waals surface area contributed by atoms with Gasteiger partial charge in [-0.05, 0) is 28.0 Å². The molecule has 0 aliphatic heterocycles. The van der Waals surface area contributed by atoms with Crippen LogP contribution in [0.2, 0.25) is 0 Å². The van der Waals surface area contributed by atoms with E-state index in [0.29, 0.717) is 6.07 Å². The second-order valence-electron chi connectivity index (χ2n) is 9.28. The maximum absolute atomic E-state index is 10.8. The fourth-order valence-electron chi connectivity index (χ4n) is 3.70. The average molecular weight is 619 g/mol. The van der Waals surface area contributed by atoms with Crippen molar-refractivity contribution in [1.29, 1.82) is 0 Å². The lowest BCUT2D eigenvalue weighted by Gasteiger charge is -2.03. The maximum Gasteiger partial charge on any atom is 0.276 e. The molecule has 0 spiro atoms. The quantitative estimate of drug-likeness (QED) is 0.128. The van der Waals surface area contributed by atoms with Crippen molar-refractivity contribution in [3.05, 3.63) is 178 Å². The van der Waals surface area contributed by atoms with Crippen LogP contribution in [0.5, 0.6) is 11.5 Å². The normalized spacial score (nSPS) is 9.57. The number of nitro benzene ring substituents is 2. The number of nitro groups is 2. The largest absolute Gasteiger partial charge is 0.872 e. The number of aromatic nitrogens is 2. The number of hydrogen-bond donors (Lipinski definition) is 2. The molecule has 0 aliphatic carbocycles. The van der Waals surface area contributed by atoms with E-state index < -0.39 is 27.0 Å². The molecule has 0 unspecified atom stereocenters. The topological polar surface area (TPSA) is 192 Å². The first kappa shape index (κ1) is 33.7. The minimum atomic E-state index is -0.949. The van der Waals surface area contributed by atoms with E-state index in [-0.39, 0.29) is 5.75 Å². The number of non-ortho nitro benzene ring substituents is 1. The molecule has 12 heteroatoms. The Morgan fingerprint density at radius 1 is 0.478 bits per heavy atom. The molecule has 4 N–H and O–H groups in total. The van der Waals surface area contributed by atoms with Crippen LogP contribution in [-0.2, 0) is 0 Å². The van der Waals surface area contributed by atoms with Crippen molar-refractivity contribution in [3.63, 3.8) is 0 Å². The Balaban J connectivity index is 0.000000171. The lowest BCUT2D eigenvalue weighted by molar-refractivity contribution is -0.638. The molecule has 0 amide bonds. The molecule has 0 saturated heterocycles. The van der Waals surface area contributed by atoms with Crippen molar-refractivity contribution in [2.45, 2.75) is 0 Å². The van der Waals surface area contributed by atoms with E-state index >= 15 is 0 Å². The zero-order chi connectivity index (χ0) is 33.3. The third kappa shape index (κ3) is 11.1. The molecule has 0 fully saturated rings. The van der Waals surface area contributed by atoms with Crippen LogP contribution in [0.1, 0.15) is 0 Å². The molecule has 6 rings (SSSR count). The number of benzene rings is 4. The summed E-state index contributed by atoms with van der Waals surface area (Å²) >= 11 is 0. The van der Waals surface area contributed by atoms with Crippen LogP contribution in [0.15, 0.2) is 158 Å². The molecule has 4 aromatic carbocycles. The van der Waals surface area contributed by atoms with Gasteiger partial charge in [0.2, 0.25) is 0 Å². The molecule has 6 aromatic rings. The molecule has 232 valence electrons. The lowest BCUT2D eigenvalue weighted by Crippen LogP contribution is -2.43. The summed E-state index contributed by atoms with van der Waals surface area (Å²) in [4.78, 5) is 18.6. The minimum absolute atomic E-state index is 0.0718. The molecule has 46 heavy (non-hydrogen) atoms. The third-order valence-corrected chi connectivity index (χ3v) is 6.01. The summed E-state index contributed by atoms with van der Waals surface area (Å²) in [5, 5.41) is 41.4. The number of nitrogens with two attached hydrogens (primary N) is 2. The van der Waals surface area contributed by atoms with Crippen molar-refractivity contribution in [2.75, 3.05) is 11.7 Å². The fraction of sp³-hybridized carbons (Fsp3) is 0. The summed E-state index contributed by atoms with van der Waals surface area (Å²) in [6.07, 6.45) is 7.34. The van der Waals surface area contributed by atoms with E-state index in [0.717, 1.165) is 12.1 Å². The molecule has 0 saturated carbocycles. The van der Waals surface area contributed by atoms with Gasteiger partial charge in [0.25, 0.3) is 11.4 Å². The van der Waals surface area contributed by atoms with Gasteiger partial charge in [0.1, 0.15) is 0 Å². The van der Waals surface area contributed by atoms with E-state index in [1.54, 1.807) is 12.1 Å². The minimum Gasteiger partial charge on any atom is -0.872 e. The van der Waals surface area contributed by atoms with Crippen molar-refractivity contribution >= 4 is 11.4 Å². The number of para-hydroxylation sites is 1. The molecule has 12 nitrogen and oxygen atoms in total. The Kier molecular flexibility index (Phi) is 12.7. The fourth-order valence-corrected chi connectivity index (χ4v) is 3.70. The molecule has 2 heterocycles. The summed E-state index contributed by atoms with van der Waals surface area (Å²) in [7, 11) is 0. The van der Waals surface area contributed by atoms with Gasteiger partial charge < -0.3 is 10.2 Å². The highest BCUT2D eigenvalue weighted by molar-refractivity contribution is 5.62. The summed E-state index contributed by atoms with van der Waals surface area (Å²) in [5.41, 5.74) is 3.54. The van der Waals surface area contributed by atoms with Crippen LogP contribution in [-0.4, -0.2) is 9.85 Å². The second kappa shape index (κ2) is 17.3. The first-order chi connectivity index (χ1) is 22.1. The number of hydrogen-bond acceptors (Lipinski definition) is 8. The van der Waals surface area contributed by atoms with Crippen molar-refractivity contribution < 1.29 is 29.4 Å². The summed E-state index contributed by atoms with van der Waals surface area (Å²) in [6.45, 7) is 0. The Morgan fingerprint density at radius 3 is 1.17 bits per heavy atom. The predicted molar refractivity (Wildman–Crippen MR) is 170 cm³/mol. The highest BCUT2D eigenvalue weighted by Crippen LogP contribution is 2.27. The van der Waals surface area contributed by atoms with Crippen LogP contribution in [0.25, 0.3) is 22.3 Å². The van der Waals surface area contributed by atoms with Crippen LogP contribution >= 0.6 is 0 Å². The first-order valence-corrected chi connectivity index (χ1v) is 13.6. The van der Waals surface area contributed by atoms with Crippen molar-refractivity contribution in [3.8, 4) is 33.8 Å². The smallest absolute Gasteiger partial charge is 0.276 e. The summed E-state index contributed by atoms with van der Waals surface area (Å²) < 4.78 is 3.07. The standard InChI is InChI=1S/2C11H11N2.C6H4N2O5.C6H6O/c2*12-13-8-6-11(7-9-13)10-4-2-1-3-5-10;9-6-2-1-4(7(10)11)3-5(6)8(12)13;7-6-4-2-1-3-5-6/h2*1-9H,12H2;1-3,9H;1-5,7H/q2*+1;;/p-2. The van der Waals surface area contributed by atoms with Crippen LogP contribution in [0.3, 0.4) is 0 Å². The van der Waals surface area contributed by atoms with Crippen LogP contribution < -0.4 is 31.3 Å². The van der Waals surface area contributed by atoms with E-state index in [9.17, 15) is 30.4 Å². The van der Waals surface area contributed by atoms with Crippen molar-refractivity contribution in [2.24, 2.45) is 0 Å². The highest BCUT2D eigenvalue weighted by Gasteiger charge is 2.13. The zero-order valence-corrected chi connectivity index (χ0v) is 24.4. The molecular formula is C34H30N6O6. The van der Waals surface area contributed by atoms with Gasteiger partial charge >= 0.3 is 0 Å². The monoisotopic (exact) mass is 618 g/mol. The predicted octanol–water partition coefficient (Wildman–Crippen LogP) is 4.05. The third-order valence-electron chi connectivity index (χ3n) is 6.01. The number of nitrogens with zero attached hydrogens (tertiary/aromatic N) is 4. The van der Waals surface area contributed by atoms with Gasteiger partial charge in [0.15, 0.2) is 24.8 Å². The zero-order valence-electron chi connectivity index (χ0n) is 24.4. The van der Waals surface area contributed by atoms with Gasteiger partial charge in [-0.3, -0.25) is 20.2 Å². The Morgan fingerprint density at radius 2 is 0.848 bits per heavy atom. The van der Waals surface area contributed by atoms with Gasteiger partial charge in [-0.25, -0.2) is 11.7 Å². The van der Waals surface area contributed by atoms with Gasteiger partial charge in [-0.15, -0.1) is 5.75 Å². The second-order valence-corrected chi connectivity index (χ2v) is 9.28. The molecule has 0 bridgehead atoms. The van der Waals surface area contributed by atoms with Crippen LogP contribution in [0, 0.1) is 20.2 Å². The van der Waals surface area contributed by atoms with Crippen molar-refractivity contribution in [1.82, 2.24) is 0 Å². The van der Waals surface area contributed by atoms with Gasteiger partial charge in [0.05, 0.1) is 15.9 Å². The first-order valence-electron chi connectivity index (χ1n) is 13.6. The summed E-state index contributed by atoms with van der Waals surface area (Å²) in [5.74, 6) is 10.3. The van der Waals surface area contributed by atoms with E-state index in [4.69, 9.17) is 11.7 Å². The van der Waals surface area contributed by atoms with E-state index in [2.05, 4.69) is 24.3 Å². The lowest BCUT2D eigenvalue weighted by atomic mass is 10.1. The number of pyridine rings is 2. The van der Waals surface area contributed by atoms with Crippen LogP contribution in [0.4, 0.5) is 11.4 Å². The number of rotatable bonds is 4. The SMILES string of the molecule is N[n+]1ccc(-c2ccccc2)cc1.N[n+]1ccc(-c2ccccc2)cc1.O=[N+]([O-])c1ccc([O-])c([N+](=O)[O-])c1.[O-]c1ccccc1. The van der Waals surface area contributed by atoms with E-state index in [1.807, 2.05) is 91.5 Å². The summed E-state index contributed by atoms with van der Waals surface area (Å²) in [6, 6.07) is 39.1. The molecule has 0 radical (unpaired) electrons. The van der Waals surface area contributed by atoms with Gasteiger partial charge in [-0.1, -0.05) is 106 Å². The van der Waals surface area contributed by atoms with Gasteiger partial charge in [-0.2, -0.15) is 0 Å². The highest BCUT2D eigenvalue weighted by atomic mass is 16.6. The van der Waals surface area contributed by atoms with Gasteiger partial charge in [0, 0.05) is 30.3 Å². The Bertz CT molecular complexity index is 1730. The maximum atomic E-state index is 10.8. The molecule has 2 aromatic heterocycles. The van der Waals surface area contributed by atoms with E-state index in [1.165, 1.54) is 43.7 Å². The Labute approximate surface area is 264 Å². The molecular weight excluding hydrogens is 588 g/mol. The molecule has 0 atom stereocenters. The number of nitrogen functional groups attached to an aromatic ring is 2. The average Bonchev–Trinajstić information content (AvgIpc) is 3.07. The molecule has 0 aliphatic rings. The Hall–Kier alpha value is -6.82.